The molecule has 0 spiro atoms. The third kappa shape index (κ3) is 8.96. The first-order valence-corrected chi connectivity index (χ1v) is 10.0. The van der Waals surface area contributed by atoms with Crippen molar-refractivity contribution < 1.29 is 9.47 Å². The van der Waals surface area contributed by atoms with E-state index in [9.17, 15) is 0 Å². The van der Waals surface area contributed by atoms with Gasteiger partial charge in [-0.05, 0) is 57.3 Å². The molecule has 0 amide bonds. The van der Waals surface area contributed by atoms with Crippen molar-refractivity contribution in [2.45, 2.75) is 32.8 Å². The Balaban J connectivity index is 0.00000392. The summed E-state index contributed by atoms with van der Waals surface area (Å²) < 4.78 is 11.2. The maximum absolute atomic E-state index is 6.02. The molecule has 1 heterocycles. The van der Waals surface area contributed by atoms with Crippen LogP contribution in [0.3, 0.4) is 0 Å². The Labute approximate surface area is 187 Å². The van der Waals surface area contributed by atoms with Crippen LogP contribution in [0.1, 0.15) is 25.3 Å². The number of hydrogen-bond acceptors (Lipinski definition) is 4. The van der Waals surface area contributed by atoms with Crippen LogP contribution in [0, 0.1) is 12.8 Å². The first-order chi connectivity index (χ1) is 13.1. The van der Waals surface area contributed by atoms with Gasteiger partial charge in [0.05, 0.1) is 13.2 Å². The highest BCUT2D eigenvalue weighted by Gasteiger charge is 2.19. The van der Waals surface area contributed by atoms with E-state index in [1.807, 2.05) is 25.2 Å². The Bertz CT molecular complexity index is 577. The van der Waals surface area contributed by atoms with Gasteiger partial charge in [0.25, 0.3) is 0 Å². The number of nitrogens with one attached hydrogen (secondary N) is 2. The zero-order valence-electron chi connectivity index (χ0n) is 17.7. The van der Waals surface area contributed by atoms with Crippen LogP contribution < -0.4 is 15.4 Å². The summed E-state index contributed by atoms with van der Waals surface area (Å²) >= 11 is 0. The number of methoxy groups -OCH3 is 1. The van der Waals surface area contributed by atoms with Gasteiger partial charge >= 0.3 is 0 Å². The van der Waals surface area contributed by atoms with E-state index in [1.165, 1.54) is 12.8 Å². The second kappa shape index (κ2) is 14.0. The zero-order chi connectivity index (χ0) is 19.5. The molecule has 2 rings (SSSR count). The highest BCUT2D eigenvalue weighted by atomic mass is 127. The van der Waals surface area contributed by atoms with Crippen LogP contribution in [0.2, 0.25) is 0 Å². The molecule has 1 unspecified atom stereocenters. The molecule has 28 heavy (non-hydrogen) atoms. The molecular formula is C21H37IN4O2. The summed E-state index contributed by atoms with van der Waals surface area (Å²) in [5.41, 5.74) is 1.16. The Kier molecular flexibility index (Phi) is 12.5. The van der Waals surface area contributed by atoms with Gasteiger partial charge in [0, 0.05) is 27.2 Å². The van der Waals surface area contributed by atoms with E-state index in [0.29, 0.717) is 12.5 Å². The number of para-hydroxylation sites is 1. The van der Waals surface area contributed by atoms with Crippen molar-refractivity contribution in [3.63, 3.8) is 0 Å². The first kappa shape index (κ1) is 25.0. The van der Waals surface area contributed by atoms with Crippen molar-refractivity contribution in [2.75, 3.05) is 53.5 Å². The number of aliphatic imine (C=N–C) groups is 1. The number of hydrogen-bond donors (Lipinski definition) is 2. The number of nitrogens with zero attached hydrogens (tertiary/aromatic N) is 2. The minimum absolute atomic E-state index is 0. The molecule has 1 aliphatic heterocycles. The lowest BCUT2D eigenvalue weighted by Gasteiger charge is -2.32. The average Bonchev–Trinajstić information content (AvgIpc) is 2.69. The molecule has 1 atom stereocenters. The Morgan fingerprint density at radius 1 is 1.25 bits per heavy atom. The maximum atomic E-state index is 6.02. The number of likely N-dealkylation sites (tertiary alicyclic amines) is 1. The number of benzene rings is 1. The Morgan fingerprint density at radius 2 is 1.96 bits per heavy atom. The van der Waals surface area contributed by atoms with Crippen LogP contribution in [0.25, 0.3) is 0 Å². The lowest BCUT2D eigenvalue weighted by molar-refractivity contribution is 0.121. The van der Waals surface area contributed by atoms with E-state index in [-0.39, 0.29) is 30.1 Å². The summed E-state index contributed by atoms with van der Waals surface area (Å²) in [6.07, 6.45) is 2.51. The van der Waals surface area contributed by atoms with Crippen LogP contribution in [0.5, 0.6) is 5.75 Å². The molecule has 1 aromatic carbocycles. The smallest absolute Gasteiger partial charge is 0.191 e. The standard InChI is InChI=1S/C21H36N4O2.HI/c1-17-7-5-6-8-20(17)27-18(2)15-23-21(22-3)24-16-19-9-11-25(12-10-19)13-14-26-4;/h5-8,18-19H,9-16H2,1-4H3,(H2,22,23,24);1H. The van der Waals surface area contributed by atoms with E-state index in [4.69, 9.17) is 9.47 Å². The highest BCUT2D eigenvalue weighted by molar-refractivity contribution is 14.0. The third-order valence-corrected chi connectivity index (χ3v) is 5.08. The molecule has 2 N–H and O–H groups in total. The summed E-state index contributed by atoms with van der Waals surface area (Å²) in [6.45, 7) is 9.99. The number of halogens is 1. The van der Waals surface area contributed by atoms with Gasteiger partial charge < -0.3 is 25.0 Å². The predicted octanol–water partition coefficient (Wildman–Crippen LogP) is 2.90. The summed E-state index contributed by atoms with van der Waals surface area (Å²) in [7, 11) is 3.58. The zero-order valence-corrected chi connectivity index (χ0v) is 20.1. The van der Waals surface area contributed by atoms with Gasteiger partial charge in [-0.15, -0.1) is 24.0 Å². The molecule has 0 aromatic heterocycles. The molecule has 0 aliphatic carbocycles. The fourth-order valence-corrected chi connectivity index (χ4v) is 3.28. The van der Waals surface area contributed by atoms with Gasteiger partial charge in [0.1, 0.15) is 11.9 Å². The van der Waals surface area contributed by atoms with Crippen LogP contribution in [0.4, 0.5) is 0 Å². The summed E-state index contributed by atoms with van der Waals surface area (Å²) in [5, 5.41) is 6.84. The quantitative estimate of drug-likeness (QED) is 0.308. The minimum atomic E-state index is 0. The summed E-state index contributed by atoms with van der Waals surface area (Å²) in [4.78, 5) is 6.82. The third-order valence-electron chi connectivity index (χ3n) is 5.08. The molecule has 0 saturated carbocycles. The molecule has 1 aromatic rings. The van der Waals surface area contributed by atoms with Crippen LogP contribution >= 0.6 is 24.0 Å². The second-order valence-electron chi connectivity index (χ2n) is 7.31. The Hall–Kier alpha value is -1.06. The van der Waals surface area contributed by atoms with Gasteiger partial charge in [0.2, 0.25) is 0 Å². The molecule has 1 saturated heterocycles. The molecule has 0 bridgehead atoms. The van der Waals surface area contributed by atoms with Crippen molar-refractivity contribution in [1.82, 2.24) is 15.5 Å². The molecular weight excluding hydrogens is 467 g/mol. The maximum Gasteiger partial charge on any atom is 0.191 e. The summed E-state index contributed by atoms with van der Waals surface area (Å²) in [6, 6.07) is 8.11. The molecule has 7 heteroatoms. The van der Waals surface area contributed by atoms with Crippen LogP contribution in [0.15, 0.2) is 29.3 Å². The van der Waals surface area contributed by atoms with E-state index < -0.39 is 0 Å². The number of ether oxygens (including phenoxy) is 2. The highest BCUT2D eigenvalue weighted by Crippen LogP contribution is 2.18. The van der Waals surface area contributed by atoms with E-state index in [2.05, 4.69) is 40.4 Å². The molecule has 1 aliphatic rings. The number of aryl methyl sites for hydroxylation is 1. The van der Waals surface area contributed by atoms with Crippen molar-refractivity contribution in [2.24, 2.45) is 10.9 Å². The van der Waals surface area contributed by atoms with Gasteiger partial charge in [-0.1, -0.05) is 18.2 Å². The fraction of sp³-hybridized carbons (Fsp3) is 0.667. The molecule has 1 fully saturated rings. The minimum Gasteiger partial charge on any atom is -0.489 e. The van der Waals surface area contributed by atoms with Crippen LogP contribution in [-0.4, -0.2) is 70.5 Å². The fourth-order valence-electron chi connectivity index (χ4n) is 3.28. The SMILES string of the molecule is CN=C(NCC1CCN(CCOC)CC1)NCC(C)Oc1ccccc1C.I. The van der Waals surface area contributed by atoms with Gasteiger partial charge in [0.15, 0.2) is 5.96 Å². The second-order valence-corrected chi connectivity index (χ2v) is 7.31. The molecule has 160 valence electrons. The Morgan fingerprint density at radius 3 is 2.61 bits per heavy atom. The van der Waals surface area contributed by atoms with E-state index in [0.717, 1.165) is 50.1 Å². The predicted molar refractivity (Wildman–Crippen MR) is 127 cm³/mol. The number of rotatable bonds is 9. The van der Waals surface area contributed by atoms with Gasteiger partial charge in [-0.2, -0.15) is 0 Å². The number of piperidine rings is 1. The first-order valence-electron chi connectivity index (χ1n) is 10.0. The number of guanidine groups is 1. The average molecular weight is 504 g/mol. The largest absolute Gasteiger partial charge is 0.489 e. The normalized spacial score (nSPS) is 16.9. The van der Waals surface area contributed by atoms with Crippen molar-refractivity contribution in [3.8, 4) is 5.75 Å². The van der Waals surface area contributed by atoms with Crippen molar-refractivity contribution in [1.29, 1.82) is 0 Å². The molecule has 0 radical (unpaired) electrons. The lowest BCUT2D eigenvalue weighted by Crippen LogP contribution is -2.45. The molecule has 6 nitrogen and oxygen atoms in total. The van der Waals surface area contributed by atoms with E-state index >= 15 is 0 Å². The van der Waals surface area contributed by atoms with Gasteiger partial charge in [-0.25, -0.2) is 0 Å². The summed E-state index contributed by atoms with van der Waals surface area (Å²) in [5.74, 6) is 2.48. The van der Waals surface area contributed by atoms with E-state index in [1.54, 1.807) is 7.11 Å². The lowest BCUT2D eigenvalue weighted by atomic mass is 9.97. The topological polar surface area (TPSA) is 58.1 Å². The van der Waals surface area contributed by atoms with Crippen molar-refractivity contribution >= 4 is 29.9 Å². The van der Waals surface area contributed by atoms with Gasteiger partial charge in [-0.3, -0.25) is 4.99 Å². The monoisotopic (exact) mass is 504 g/mol. The van der Waals surface area contributed by atoms with Crippen LogP contribution in [-0.2, 0) is 4.74 Å². The van der Waals surface area contributed by atoms with Crippen molar-refractivity contribution in [3.05, 3.63) is 29.8 Å².